The lowest BCUT2D eigenvalue weighted by Crippen LogP contribution is -2.22. The van der Waals surface area contributed by atoms with E-state index in [0.29, 0.717) is 43.2 Å². The SMILES string of the molecule is CC(=O)Oc1ccc([C@@H](O)CNCCCCCCOCCOCc2ccccc2)cc1CO. The number of aliphatic hydroxyl groups is 2. The highest BCUT2D eigenvalue weighted by Crippen LogP contribution is 2.24. The first-order chi connectivity index (χ1) is 16.1. The average Bonchev–Trinajstić information content (AvgIpc) is 2.82. The molecule has 0 aromatic heterocycles. The number of carbonyl (C=O) groups excluding carboxylic acids is 1. The Morgan fingerprint density at radius 3 is 2.48 bits per heavy atom. The van der Waals surface area contributed by atoms with Crippen LogP contribution >= 0.6 is 0 Å². The number of unbranched alkanes of at least 4 members (excludes halogenated alkanes) is 3. The molecule has 2 rings (SSSR count). The largest absolute Gasteiger partial charge is 0.426 e. The molecular weight excluding hydrogens is 422 g/mol. The van der Waals surface area contributed by atoms with Crippen LogP contribution in [0.4, 0.5) is 0 Å². The molecular formula is C26H37NO6. The summed E-state index contributed by atoms with van der Waals surface area (Å²) in [6, 6.07) is 15.1. The van der Waals surface area contributed by atoms with Crippen LogP contribution in [0.15, 0.2) is 48.5 Å². The van der Waals surface area contributed by atoms with Crippen molar-refractivity contribution in [2.75, 3.05) is 32.9 Å². The Labute approximate surface area is 196 Å². The molecule has 0 fully saturated rings. The fourth-order valence-corrected chi connectivity index (χ4v) is 3.33. The van der Waals surface area contributed by atoms with Gasteiger partial charge in [-0.15, -0.1) is 0 Å². The number of aliphatic hydroxyl groups excluding tert-OH is 2. The van der Waals surface area contributed by atoms with Gasteiger partial charge in [-0.25, -0.2) is 0 Å². The van der Waals surface area contributed by atoms with E-state index in [-0.39, 0.29) is 6.61 Å². The van der Waals surface area contributed by atoms with Crippen LogP contribution in [0.3, 0.4) is 0 Å². The van der Waals surface area contributed by atoms with Crippen LogP contribution in [0.25, 0.3) is 0 Å². The third-order valence-electron chi connectivity index (χ3n) is 5.11. The zero-order valence-electron chi connectivity index (χ0n) is 19.5. The first kappa shape index (κ1) is 27.0. The van der Waals surface area contributed by atoms with E-state index in [2.05, 4.69) is 5.32 Å². The molecule has 0 unspecified atom stereocenters. The van der Waals surface area contributed by atoms with Gasteiger partial charge >= 0.3 is 5.97 Å². The van der Waals surface area contributed by atoms with Crippen molar-refractivity contribution in [1.29, 1.82) is 0 Å². The summed E-state index contributed by atoms with van der Waals surface area (Å²) in [4.78, 5) is 11.1. The van der Waals surface area contributed by atoms with Crippen LogP contribution in [0.1, 0.15) is 55.4 Å². The molecule has 2 aromatic rings. The number of carbonyl (C=O) groups is 1. The summed E-state index contributed by atoms with van der Waals surface area (Å²) in [6.07, 6.45) is 3.56. The molecule has 0 amide bonds. The van der Waals surface area contributed by atoms with Crippen LogP contribution in [0.5, 0.6) is 5.75 Å². The summed E-state index contributed by atoms with van der Waals surface area (Å²) < 4.78 is 16.3. The molecule has 3 N–H and O–H groups in total. The molecule has 0 aliphatic carbocycles. The van der Waals surface area contributed by atoms with Crippen LogP contribution in [-0.2, 0) is 27.5 Å². The average molecular weight is 460 g/mol. The molecule has 0 saturated heterocycles. The minimum absolute atomic E-state index is 0.263. The second-order valence-corrected chi connectivity index (χ2v) is 7.90. The van der Waals surface area contributed by atoms with E-state index in [1.54, 1.807) is 18.2 Å². The first-order valence-electron chi connectivity index (χ1n) is 11.6. The summed E-state index contributed by atoms with van der Waals surface area (Å²) in [5.41, 5.74) is 2.32. The first-order valence-corrected chi connectivity index (χ1v) is 11.6. The molecule has 182 valence electrons. The molecule has 0 radical (unpaired) electrons. The normalized spacial score (nSPS) is 12.0. The van der Waals surface area contributed by atoms with E-state index in [4.69, 9.17) is 14.2 Å². The van der Waals surface area contributed by atoms with E-state index < -0.39 is 12.1 Å². The third kappa shape index (κ3) is 11.4. The van der Waals surface area contributed by atoms with E-state index in [1.807, 2.05) is 30.3 Å². The highest BCUT2D eigenvalue weighted by Gasteiger charge is 2.12. The lowest BCUT2D eigenvalue weighted by Gasteiger charge is -2.15. The van der Waals surface area contributed by atoms with Gasteiger partial charge in [-0.1, -0.05) is 49.2 Å². The van der Waals surface area contributed by atoms with Crippen LogP contribution < -0.4 is 10.1 Å². The van der Waals surface area contributed by atoms with Crippen molar-refractivity contribution in [1.82, 2.24) is 5.32 Å². The van der Waals surface area contributed by atoms with Gasteiger partial charge in [-0.2, -0.15) is 0 Å². The van der Waals surface area contributed by atoms with E-state index >= 15 is 0 Å². The fourth-order valence-electron chi connectivity index (χ4n) is 3.33. The molecule has 0 heterocycles. The zero-order chi connectivity index (χ0) is 23.7. The monoisotopic (exact) mass is 459 g/mol. The van der Waals surface area contributed by atoms with Gasteiger partial charge in [0.05, 0.1) is 32.5 Å². The Morgan fingerprint density at radius 2 is 1.73 bits per heavy atom. The van der Waals surface area contributed by atoms with Crippen molar-refractivity contribution in [2.24, 2.45) is 0 Å². The van der Waals surface area contributed by atoms with Gasteiger partial charge in [0.25, 0.3) is 0 Å². The Kier molecular flexibility index (Phi) is 13.4. The van der Waals surface area contributed by atoms with Gasteiger partial charge in [-0.3, -0.25) is 4.79 Å². The lowest BCUT2D eigenvalue weighted by atomic mass is 10.1. The van der Waals surface area contributed by atoms with Gasteiger partial charge in [0.1, 0.15) is 5.75 Å². The zero-order valence-corrected chi connectivity index (χ0v) is 19.5. The summed E-state index contributed by atoms with van der Waals surface area (Å²) >= 11 is 0. The number of benzene rings is 2. The predicted molar refractivity (Wildman–Crippen MR) is 127 cm³/mol. The number of hydrogen-bond donors (Lipinski definition) is 3. The van der Waals surface area contributed by atoms with Crippen molar-refractivity contribution in [3.8, 4) is 5.75 Å². The van der Waals surface area contributed by atoms with Crippen molar-refractivity contribution in [3.63, 3.8) is 0 Å². The summed E-state index contributed by atoms with van der Waals surface area (Å²) in [6.45, 7) is 4.88. The van der Waals surface area contributed by atoms with Crippen LogP contribution in [-0.4, -0.2) is 49.1 Å². The predicted octanol–water partition coefficient (Wildman–Crippen LogP) is 3.52. The summed E-state index contributed by atoms with van der Waals surface area (Å²) in [5.74, 6) is -0.128. The number of hydrogen-bond acceptors (Lipinski definition) is 7. The number of ether oxygens (including phenoxy) is 3. The molecule has 33 heavy (non-hydrogen) atoms. The van der Waals surface area contributed by atoms with E-state index in [0.717, 1.165) is 38.8 Å². The maximum Gasteiger partial charge on any atom is 0.308 e. The van der Waals surface area contributed by atoms with Gasteiger partial charge in [-0.05, 0) is 42.6 Å². The molecule has 1 atom stereocenters. The smallest absolute Gasteiger partial charge is 0.308 e. The number of esters is 1. The molecule has 7 nitrogen and oxygen atoms in total. The Hall–Kier alpha value is -2.29. The molecule has 0 aliphatic heterocycles. The maximum atomic E-state index is 11.1. The second-order valence-electron chi connectivity index (χ2n) is 7.90. The summed E-state index contributed by atoms with van der Waals surface area (Å²) in [7, 11) is 0. The van der Waals surface area contributed by atoms with Crippen molar-refractivity contribution >= 4 is 5.97 Å². The quantitative estimate of drug-likeness (QED) is 0.189. The topological polar surface area (TPSA) is 97.3 Å². The third-order valence-corrected chi connectivity index (χ3v) is 5.11. The minimum atomic E-state index is -0.695. The number of nitrogens with one attached hydrogen (secondary N) is 1. The molecule has 2 aromatic carbocycles. The van der Waals surface area contributed by atoms with Crippen molar-refractivity contribution in [3.05, 3.63) is 65.2 Å². The Balaban J connectivity index is 1.45. The lowest BCUT2D eigenvalue weighted by molar-refractivity contribution is -0.131. The highest BCUT2D eigenvalue weighted by atomic mass is 16.5. The van der Waals surface area contributed by atoms with Crippen molar-refractivity contribution in [2.45, 2.75) is 51.9 Å². The molecule has 0 aliphatic rings. The maximum absolute atomic E-state index is 11.1. The fraction of sp³-hybridized carbons (Fsp3) is 0.500. The van der Waals surface area contributed by atoms with Crippen LogP contribution in [0, 0.1) is 0 Å². The summed E-state index contributed by atoms with van der Waals surface area (Å²) in [5, 5.41) is 23.1. The van der Waals surface area contributed by atoms with Gasteiger partial charge in [0, 0.05) is 25.6 Å². The standard InChI is InChI=1S/C26H37NO6/c1-21(29)33-26-12-11-23(17-24(26)19-28)25(30)18-27-13-7-2-3-8-14-31-15-16-32-20-22-9-5-4-6-10-22/h4-6,9-12,17,25,27-28,30H,2-3,7-8,13-16,18-20H2,1H3/t25-/m0/s1. The molecule has 0 spiro atoms. The molecule has 0 bridgehead atoms. The van der Waals surface area contributed by atoms with Crippen molar-refractivity contribution < 1.29 is 29.2 Å². The van der Waals surface area contributed by atoms with E-state index in [9.17, 15) is 15.0 Å². The Morgan fingerprint density at radius 1 is 0.970 bits per heavy atom. The van der Waals surface area contributed by atoms with Gasteiger partial charge in [0.15, 0.2) is 0 Å². The van der Waals surface area contributed by atoms with Gasteiger partial charge < -0.3 is 29.7 Å². The van der Waals surface area contributed by atoms with Gasteiger partial charge in [0.2, 0.25) is 0 Å². The van der Waals surface area contributed by atoms with E-state index in [1.165, 1.54) is 12.5 Å². The second kappa shape index (κ2) is 16.3. The molecule has 7 heteroatoms. The minimum Gasteiger partial charge on any atom is -0.426 e. The Bertz CT molecular complexity index is 799. The number of rotatable bonds is 17. The van der Waals surface area contributed by atoms with Crippen LogP contribution in [0.2, 0.25) is 0 Å². The highest BCUT2D eigenvalue weighted by molar-refractivity contribution is 5.69. The molecule has 0 saturated carbocycles.